The largest absolute Gasteiger partial charge is 0.493 e. The molecule has 2 rings (SSSR count). The number of ether oxygens (including phenoxy) is 2. The van der Waals surface area contributed by atoms with Crippen LogP contribution in [0, 0.1) is 0 Å². The number of nitrogens with zero attached hydrogens (tertiary/aromatic N) is 2. The van der Waals surface area contributed by atoms with Gasteiger partial charge in [-0.25, -0.2) is 0 Å². The number of piperazine rings is 1. The zero-order valence-corrected chi connectivity index (χ0v) is 12.4. The minimum absolute atomic E-state index is 0.163. The first-order valence-corrected chi connectivity index (χ1v) is 6.83. The molecule has 1 aliphatic rings. The molecule has 0 bridgehead atoms. The normalized spacial score (nSPS) is 16.1. The van der Waals surface area contributed by atoms with E-state index in [1.165, 1.54) is 5.56 Å². The third-order valence-electron chi connectivity index (χ3n) is 3.67. The fourth-order valence-corrected chi connectivity index (χ4v) is 2.46. The lowest BCUT2D eigenvalue weighted by Crippen LogP contribution is -2.47. The van der Waals surface area contributed by atoms with E-state index in [1.54, 1.807) is 21.1 Å². The van der Waals surface area contributed by atoms with Crippen LogP contribution in [0.25, 0.3) is 0 Å². The molecule has 0 aromatic heterocycles. The highest BCUT2D eigenvalue weighted by molar-refractivity contribution is 5.73. The lowest BCUT2D eigenvalue weighted by molar-refractivity contribution is -0.130. The fourth-order valence-electron chi connectivity index (χ4n) is 2.46. The summed E-state index contributed by atoms with van der Waals surface area (Å²) in [5.74, 6) is 1.67. The summed E-state index contributed by atoms with van der Waals surface area (Å²) in [5.41, 5.74) is 1.19. The Bertz CT molecular complexity index is 468. The molecule has 20 heavy (non-hydrogen) atoms. The van der Waals surface area contributed by atoms with Crippen LogP contribution in [-0.4, -0.2) is 56.1 Å². The van der Waals surface area contributed by atoms with Gasteiger partial charge in [-0.15, -0.1) is 0 Å². The van der Waals surface area contributed by atoms with E-state index in [1.807, 2.05) is 17.0 Å². The van der Waals surface area contributed by atoms with Crippen LogP contribution in [0.3, 0.4) is 0 Å². The maximum Gasteiger partial charge on any atom is 0.219 e. The van der Waals surface area contributed by atoms with E-state index in [4.69, 9.17) is 9.47 Å². The molecular formula is C15H22N2O3. The Morgan fingerprint density at radius 1 is 1.10 bits per heavy atom. The Morgan fingerprint density at radius 2 is 1.75 bits per heavy atom. The Hall–Kier alpha value is -1.75. The van der Waals surface area contributed by atoms with Crippen LogP contribution in [0.15, 0.2) is 18.2 Å². The second kappa shape index (κ2) is 6.61. The van der Waals surface area contributed by atoms with Crippen molar-refractivity contribution < 1.29 is 14.3 Å². The molecule has 0 unspecified atom stereocenters. The fraction of sp³-hybridized carbons (Fsp3) is 0.533. The summed E-state index contributed by atoms with van der Waals surface area (Å²) in [4.78, 5) is 15.5. The Labute approximate surface area is 120 Å². The second-order valence-corrected chi connectivity index (χ2v) is 4.97. The zero-order chi connectivity index (χ0) is 14.5. The lowest BCUT2D eigenvalue weighted by Gasteiger charge is -2.34. The van der Waals surface area contributed by atoms with E-state index < -0.39 is 0 Å². The molecule has 5 nitrogen and oxygen atoms in total. The molecule has 0 atom stereocenters. The molecule has 0 aliphatic carbocycles. The molecule has 1 amide bonds. The van der Waals surface area contributed by atoms with Crippen molar-refractivity contribution in [3.05, 3.63) is 23.8 Å². The van der Waals surface area contributed by atoms with Gasteiger partial charge in [-0.1, -0.05) is 6.07 Å². The number of carbonyl (C=O) groups excluding carboxylic acids is 1. The standard InChI is InChI=1S/C15H22N2O3/c1-12(18)17-8-6-16(7-9-17)11-13-4-5-14(19-2)15(10-13)20-3/h4-5,10H,6-9,11H2,1-3H3. The summed E-state index contributed by atoms with van der Waals surface area (Å²) >= 11 is 0. The number of hydrogen-bond acceptors (Lipinski definition) is 4. The molecule has 0 N–H and O–H groups in total. The van der Waals surface area contributed by atoms with Crippen LogP contribution in [-0.2, 0) is 11.3 Å². The second-order valence-electron chi connectivity index (χ2n) is 4.97. The average Bonchev–Trinajstić information content (AvgIpc) is 2.47. The number of carbonyl (C=O) groups is 1. The third-order valence-corrected chi connectivity index (χ3v) is 3.67. The van der Waals surface area contributed by atoms with E-state index in [0.717, 1.165) is 44.2 Å². The first-order chi connectivity index (χ1) is 9.63. The minimum Gasteiger partial charge on any atom is -0.493 e. The molecule has 1 heterocycles. The molecule has 0 spiro atoms. The van der Waals surface area contributed by atoms with Crippen molar-refractivity contribution in [1.82, 2.24) is 9.80 Å². The topological polar surface area (TPSA) is 42.0 Å². The predicted molar refractivity (Wildman–Crippen MR) is 77.1 cm³/mol. The van der Waals surface area contributed by atoms with E-state index in [0.29, 0.717) is 0 Å². The first kappa shape index (κ1) is 14.7. The summed E-state index contributed by atoms with van der Waals surface area (Å²) < 4.78 is 10.6. The maximum absolute atomic E-state index is 11.3. The summed E-state index contributed by atoms with van der Waals surface area (Å²) in [5, 5.41) is 0. The van der Waals surface area contributed by atoms with Crippen LogP contribution < -0.4 is 9.47 Å². The van der Waals surface area contributed by atoms with Crippen LogP contribution in [0.5, 0.6) is 11.5 Å². The van der Waals surface area contributed by atoms with Crippen molar-refractivity contribution in [2.45, 2.75) is 13.5 Å². The highest BCUT2D eigenvalue weighted by atomic mass is 16.5. The van der Waals surface area contributed by atoms with Gasteiger partial charge in [0, 0.05) is 39.6 Å². The van der Waals surface area contributed by atoms with Gasteiger partial charge in [0.25, 0.3) is 0 Å². The molecular weight excluding hydrogens is 256 g/mol. The highest BCUT2D eigenvalue weighted by Gasteiger charge is 2.18. The van der Waals surface area contributed by atoms with Crippen LogP contribution in [0.1, 0.15) is 12.5 Å². The summed E-state index contributed by atoms with van der Waals surface area (Å²) in [6.07, 6.45) is 0. The van der Waals surface area contributed by atoms with Crippen molar-refractivity contribution in [1.29, 1.82) is 0 Å². The van der Waals surface area contributed by atoms with Crippen LogP contribution >= 0.6 is 0 Å². The number of benzene rings is 1. The van der Waals surface area contributed by atoms with Crippen molar-refractivity contribution in [3.8, 4) is 11.5 Å². The van der Waals surface area contributed by atoms with Gasteiger partial charge in [0.2, 0.25) is 5.91 Å². The Balaban J connectivity index is 1.96. The molecule has 1 saturated heterocycles. The zero-order valence-electron chi connectivity index (χ0n) is 12.4. The van der Waals surface area contributed by atoms with E-state index in [9.17, 15) is 4.79 Å². The maximum atomic E-state index is 11.3. The number of methoxy groups -OCH3 is 2. The highest BCUT2D eigenvalue weighted by Crippen LogP contribution is 2.28. The molecule has 5 heteroatoms. The number of amides is 1. The minimum atomic E-state index is 0.163. The molecule has 1 aromatic rings. The predicted octanol–water partition coefficient (Wildman–Crippen LogP) is 1.37. The van der Waals surface area contributed by atoms with Gasteiger partial charge >= 0.3 is 0 Å². The van der Waals surface area contributed by atoms with E-state index in [2.05, 4.69) is 11.0 Å². The van der Waals surface area contributed by atoms with Gasteiger partial charge in [-0.2, -0.15) is 0 Å². The van der Waals surface area contributed by atoms with Gasteiger partial charge in [0.05, 0.1) is 14.2 Å². The number of rotatable bonds is 4. The Kier molecular flexibility index (Phi) is 4.84. The van der Waals surface area contributed by atoms with E-state index >= 15 is 0 Å². The van der Waals surface area contributed by atoms with Crippen molar-refractivity contribution in [2.75, 3.05) is 40.4 Å². The van der Waals surface area contributed by atoms with Crippen LogP contribution in [0.2, 0.25) is 0 Å². The molecule has 0 saturated carbocycles. The molecule has 110 valence electrons. The lowest BCUT2D eigenvalue weighted by atomic mass is 10.1. The average molecular weight is 278 g/mol. The van der Waals surface area contributed by atoms with E-state index in [-0.39, 0.29) is 5.91 Å². The monoisotopic (exact) mass is 278 g/mol. The van der Waals surface area contributed by atoms with Crippen molar-refractivity contribution in [2.24, 2.45) is 0 Å². The summed E-state index contributed by atoms with van der Waals surface area (Å²) in [6, 6.07) is 5.99. The number of hydrogen-bond donors (Lipinski definition) is 0. The summed E-state index contributed by atoms with van der Waals surface area (Å²) in [7, 11) is 3.28. The first-order valence-electron chi connectivity index (χ1n) is 6.83. The van der Waals surface area contributed by atoms with Crippen LogP contribution in [0.4, 0.5) is 0 Å². The van der Waals surface area contributed by atoms with Gasteiger partial charge in [0.1, 0.15) is 0 Å². The van der Waals surface area contributed by atoms with Crippen molar-refractivity contribution >= 4 is 5.91 Å². The molecule has 1 aliphatic heterocycles. The molecule has 1 aromatic carbocycles. The van der Waals surface area contributed by atoms with Gasteiger partial charge in [0.15, 0.2) is 11.5 Å². The van der Waals surface area contributed by atoms with Crippen molar-refractivity contribution in [3.63, 3.8) is 0 Å². The van der Waals surface area contributed by atoms with Gasteiger partial charge in [-0.3, -0.25) is 9.69 Å². The molecule has 0 radical (unpaired) electrons. The SMILES string of the molecule is COc1ccc(CN2CCN(C(C)=O)CC2)cc1OC. The smallest absolute Gasteiger partial charge is 0.219 e. The van der Waals surface area contributed by atoms with Gasteiger partial charge < -0.3 is 14.4 Å². The molecule has 1 fully saturated rings. The van der Waals surface area contributed by atoms with Gasteiger partial charge in [-0.05, 0) is 17.7 Å². The Morgan fingerprint density at radius 3 is 2.30 bits per heavy atom. The third kappa shape index (κ3) is 3.42. The summed E-state index contributed by atoms with van der Waals surface area (Å²) in [6.45, 7) is 5.93. The quantitative estimate of drug-likeness (QED) is 0.834.